The highest BCUT2D eigenvalue weighted by Crippen LogP contribution is 2.43. The minimum absolute atomic E-state index is 0.0783. The third kappa shape index (κ3) is 53.1. The molecule has 0 aliphatic rings. The summed E-state index contributed by atoms with van der Waals surface area (Å²) >= 11 is 0. The van der Waals surface area contributed by atoms with Crippen LogP contribution in [0.1, 0.15) is 316 Å². The van der Waals surface area contributed by atoms with Crippen molar-refractivity contribution in [3.8, 4) is 0 Å². The number of amides is 1. The summed E-state index contributed by atoms with van der Waals surface area (Å²) in [5, 5.41) is 13.9. The van der Waals surface area contributed by atoms with Crippen molar-refractivity contribution in [3.63, 3.8) is 0 Å². The predicted molar refractivity (Wildman–Crippen MR) is 291 cm³/mol. The predicted octanol–water partition coefficient (Wildman–Crippen LogP) is 18.0. The van der Waals surface area contributed by atoms with Crippen molar-refractivity contribution < 1.29 is 32.9 Å². The SMILES string of the molecule is CCCCCCCCCCCCCCCCCCCCCCCCCCCCCCCCCCCCCCCC(=O)NC(COP(=O)(O)OCC[N+](C)(C)C)C(O)CCCCCCCCCC. The van der Waals surface area contributed by atoms with Gasteiger partial charge < -0.3 is 19.8 Å². The van der Waals surface area contributed by atoms with Gasteiger partial charge in [-0.25, -0.2) is 4.57 Å². The fourth-order valence-corrected chi connectivity index (χ4v) is 10.1. The van der Waals surface area contributed by atoms with E-state index in [1.807, 2.05) is 21.1 Å². The Kier molecular flexibility index (Phi) is 50.1. The van der Waals surface area contributed by atoms with Gasteiger partial charge in [0.2, 0.25) is 5.91 Å². The van der Waals surface area contributed by atoms with Crippen LogP contribution < -0.4 is 5.32 Å². The molecule has 0 aliphatic carbocycles. The lowest BCUT2D eigenvalue weighted by Crippen LogP contribution is -2.46. The number of likely N-dealkylation sites (N-methyl/N-ethyl adjacent to an activating group) is 1. The first-order valence-electron chi connectivity index (χ1n) is 29.9. The number of nitrogens with one attached hydrogen (secondary N) is 1. The Morgan fingerprint density at radius 2 is 0.716 bits per heavy atom. The number of hydrogen-bond donors (Lipinski definition) is 3. The van der Waals surface area contributed by atoms with Crippen LogP contribution in [0.5, 0.6) is 0 Å². The van der Waals surface area contributed by atoms with Gasteiger partial charge in [-0.3, -0.25) is 13.8 Å². The maximum atomic E-state index is 12.9. The maximum Gasteiger partial charge on any atom is 0.472 e. The highest BCUT2D eigenvalue weighted by molar-refractivity contribution is 7.47. The van der Waals surface area contributed by atoms with Crippen LogP contribution >= 0.6 is 7.82 Å². The molecule has 0 radical (unpaired) electrons. The lowest BCUT2D eigenvalue weighted by molar-refractivity contribution is -0.870. The second kappa shape index (κ2) is 50.4. The summed E-state index contributed by atoms with van der Waals surface area (Å²) in [6.45, 7) is 4.89. The van der Waals surface area contributed by atoms with Crippen LogP contribution in [-0.4, -0.2) is 73.4 Å². The van der Waals surface area contributed by atoms with Gasteiger partial charge in [0.05, 0.1) is 39.9 Å². The summed E-state index contributed by atoms with van der Waals surface area (Å²) in [6, 6.07) is -0.752. The largest absolute Gasteiger partial charge is 0.472 e. The van der Waals surface area contributed by atoms with E-state index in [0.29, 0.717) is 23.9 Å². The molecule has 0 spiro atoms. The first kappa shape index (κ1) is 66.5. The summed E-state index contributed by atoms with van der Waals surface area (Å²) in [7, 11) is 1.63. The molecule has 9 heteroatoms. The molecule has 1 amide bonds. The molecule has 0 rings (SSSR count). The Morgan fingerprint density at radius 3 is 1.00 bits per heavy atom. The molecule has 0 heterocycles. The molecule has 3 unspecified atom stereocenters. The second-order valence-electron chi connectivity index (χ2n) is 22.1. The van der Waals surface area contributed by atoms with E-state index in [1.165, 1.54) is 250 Å². The minimum atomic E-state index is -4.31. The molecule has 0 saturated carbocycles. The van der Waals surface area contributed by atoms with Gasteiger partial charge >= 0.3 is 7.82 Å². The Morgan fingerprint density at radius 1 is 0.448 bits per heavy atom. The van der Waals surface area contributed by atoms with E-state index in [4.69, 9.17) is 9.05 Å². The van der Waals surface area contributed by atoms with Crippen LogP contribution in [0.15, 0.2) is 0 Å². The van der Waals surface area contributed by atoms with Gasteiger partial charge in [0.15, 0.2) is 0 Å². The molecule has 0 bridgehead atoms. The molecule has 402 valence electrons. The maximum absolute atomic E-state index is 12.9. The van der Waals surface area contributed by atoms with Crippen LogP contribution in [0, 0.1) is 0 Å². The van der Waals surface area contributed by atoms with Crippen molar-refractivity contribution in [2.45, 2.75) is 328 Å². The van der Waals surface area contributed by atoms with Gasteiger partial charge in [0, 0.05) is 6.42 Å². The van der Waals surface area contributed by atoms with Crippen molar-refractivity contribution in [1.29, 1.82) is 0 Å². The van der Waals surface area contributed by atoms with Crippen molar-refractivity contribution >= 4 is 13.7 Å². The third-order valence-electron chi connectivity index (χ3n) is 14.1. The summed E-state index contributed by atoms with van der Waals surface area (Å²) in [4.78, 5) is 23.2. The Hall–Kier alpha value is -0.500. The van der Waals surface area contributed by atoms with Crippen molar-refractivity contribution in [3.05, 3.63) is 0 Å². The van der Waals surface area contributed by atoms with E-state index in [0.717, 1.165) is 38.5 Å². The first-order chi connectivity index (χ1) is 32.5. The third-order valence-corrected chi connectivity index (χ3v) is 15.1. The van der Waals surface area contributed by atoms with Crippen LogP contribution in [0.25, 0.3) is 0 Å². The van der Waals surface area contributed by atoms with Crippen LogP contribution in [0.3, 0.4) is 0 Å². The number of quaternary nitrogens is 1. The van der Waals surface area contributed by atoms with E-state index in [-0.39, 0.29) is 19.1 Å². The van der Waals surface area contributed by atoms with Gasteiger partial charge in [-0.05, 0) is 12.8 Å². The second-order valence-corrected chi connectivity index (χ2v) is 23.5. The monoisotopic (exact) mass is 972 g/mol. The van der Waals surface area contributed by atoms with Gasteiger partial charge in [0.1, 0.15) is 13.2 Å². The quantitative estimate of drug-likeness (QED) is 0.0319. The van der Waals surface area contributed by atoms with E-state index in [1.54, 1.807) is 0 Å². The highest BCUT2D eigenvalue weighted by Gasteiger charge is 2.28. The van der Waals surface area contributed by atoms with E-state index < -0.39 is 20.0 Å². The molecule has 3 atom stereocenters. The Bertz CT molecular complexity index is 1060. The van der Waals surface area contributed by atoms with Crippen molar-refractivity contribution in [1.82, 2.24) is 5.32 Å². The standard InChI is InChI=1S/C58H119N2O6P/c1-6-8-10-12-14-16-17-18-19-20-21-22-23-24-25-26-27-28-29-30-31-32-33-34-35-36-37-38-39-40-41-42-43-44-46-48-50-52-58(62)59-56(55-66-67(63,64)65-54-53-60(3,4)5)57(61)51-49-47-45-15-13-11-9-7-2/h56-57,61H,6-55H2,1-5H3,(H-,59,62,63,64)/p+1. The molecular formula is C58H120N2O6P+. The van der Waals surface area contributed by atoms with E-state index in [9.17, 15) is 19.4 Å². The molecule has 67 heavy (non-hydrogen) atoms. The number of unbranched alkanes of at least 4 members (excludes halogenated alkanes) is 43. The average Bonchev–Trinajstić information content (AvgIpc) is 3.29. The number of nitrogens with zero attached hydrogens (tertiary/aromatic N) is 1. The number of rotatable bonds is 56. The molecule has 0 saturated heterocycles. The summed E-state index contributed by atoms with van der Waals surface area (Å²) in [6.07, 6.45) is 60.8. The number of hydrogen-bond acceptors (Lipinski definition) is 5. The highest BCUT2D eigenvalue weighted by atomic mass is 31.2. The molecule has 0 aromatic heterocycles. The van der Waals surface area contributed by atoms with Crippen LogP contribution in [-0.2, 0) is 18.4 Å². The molecule has 0 aromatic carbocycles. The number of aliphatic hydroxyl groups excluding tert-OH is 1. The zero-order valence-corrected chi connectivity index (χ0v) is 46.8. The fraction of sp³-hybridized carbons (Fsp3) is 0.983. The smallest absolute Gasteiger partial charge is 0.391 e. The molecule has 8 nitrogen and oxygen atoms in total. The molecular weight excluding hydrogens is 852 g/mol. The normalized spacial score (nSPS) is 13.8. The number of aliphatic hydroxyl groups is 1. The summed E-state index contributed by atoms with van der Waals surface area (Å²) in [5.74, 6) is -0.140. The molecule has 0 aliphatic heterocycles. The molecule has 0 fully saturated rings. The van der Waals surface area contributed by atoms with E-state index >= 15 is 0 Å². The number of carbonyl (C=O) groups is 1. The Balaban J connectivity index is 3.73. The van der Waals surface area contributed by atoms with Gasteiger partial charge in [-0.2, -0.15) is 0 Å². The lowest BCUT2D eigenvalue weighted by atomic mass is 10.0. The molecule has 3 N–H and O–H groups in total. The number of phosphoric acid groups is 1. The van der Waals surface area contributed by atoms with Gasteiger partial charge in [-0.1, -0.05) is 296 Å². The molecule has 0 aromatic rings. The van der Waals surface area contributed by atoms with Crippen LogP contribution in [0.2, 0.25) is 0 Å². The topological polar surface area (TPSA) is 105 Å². The minimum Gasteiger partial charge on any atom is -0.391 e. The zero-order valence-electron chi connectivity index (χ0n) is 45.9. The van der Waals surface area contributed by atoms with Gasteiger partial charge in [-0.15, -0.1) is 0 Å². The number of phosphoric ester groups is 1. The Labute approximate surface area is 419 Å². The summed E-state index contributed by atoms with van der Waals surface area (Å²) in [5.41, 5.74) is 0. The van der Waals surface area contributed by atoms with Crippen LogP contribution in [0.4, 0.5) is 0 Å². The number of carbonyl (C=O) groups excluding carboxylic acids is 1. The average molecular weight is 973 g/mol. The van der Waals surface area contributed by atoms with Crippen molar-refractivity contribution in [2.24, 2.45) is 0 Å². The lowest BCUT2D eigenvalue weighted by Gasteiger charge is -2.26. The summed E-state index contributed by atoms with van der Waals surface area (Å²) < 4.78 is 23.6. The fourth-order valence-electron chi connectivity index (χ4n) is 9.40. The van der Waals surface area contributed by atoms with Crippen molar-refractivity contribution in [2.75, 3.05) is 40.9 Å². The first-order valence-corrected chi connectivity index (χ1v) is 31.4. The zero-order chi connectivity index (χ0) is 49.2. The van der Waals surface area contributed by atoms with Gasteiger partial charge in [0.25, 0.3) is 0 Å². The van der Waals surface area contributed by atoms with E-state index in [2.05, 4.69) is 19.2 Å².